The molecule has 0 bridgehead atoms. The van der Waals surface area contributed by atoms with Crippen LogP contribution in [0.25, 0.3) is 28.1 Å². The number of nitrogens with two attached hydrogens (primary N) is 1. The third-order valence-electron chi connectivity index (χ3n) is 5.83. The Bertz CT molecular complexity index is 1110. The number of carbonyl (C=O) groups excluding carboxylic acids is 1. The van der Waals surface area contributed by atoms with Gasteiger partial charge in [0.2, 0.25) is 0 Å². The Morgan fingerprint density at radius 1 is 1.10 bits per heavy atom. The van der Waals surface area contributed by atoms with Gasteiger partial charge in [-0.2, -0.15) is 0 Å². The van der Waals surface area contributed by atoms with Crippen molar-refractivity contribution in [2.24, 2.45) is 0 Å². The fraction of sp³-hybridized carbons (Fsp3) is 0.364. The van der Waals surface area contributed by atoms with Gasteiger partial charge in [0.15, 0.2) is 11.6 Å². The number of benzene rings is 1. The molecule has 0 radical (unpaired) electrons. The van der Waals surface area contributed by atoms with Gasteiger partial charge in [0, 0.05) is 38.4 Å². The van der Waals surface area contributed by atoms with Crippen molar-refractivity contribution in [2.75, 3.05) is 45.0 Å². The summed E-state index contributed by atoms with van der Waals surface area (Å²) in [5, 5.41) is 3.34. The molecule has 1 aromatic carbocycles. The number of fused-ring (bicyclic) bond motifs is 1. The average Bonchev–Trinajstić information content (AvgIpc) is 3.05. The molecular formula is C22H34N8O. The van der Waals surface area contributed by atoms with Crippen LogP contribution in [0.3, 0.4) is 0 Å². The van der Waals surface area contributed by atoms with Gasteiger partial charge in [0.05, 0.1) is 22.9 Å². The fourth-order valence-corrected chi connectivity index (χ4v) is 4.10. The van der Waals surface area contributed by atoms with Crippen LogP contribution in [0.5, 0.6) is 0 Å². The summed E-state index contributed by atoms with van der Waals surface area (Å²) in [6.07, 6.45) is 5.49. The van der Waals surface area contributed by atoms with E-state index in [0.717, 1.165) is 61.3 Å². The third kappa shape index (κ3) is 3.96. The summed E-state index contributed by atoms with van der Waals surface area (Å²) < 4.78 is 0. The highest BCUT2D eigenvalue weighted by atomic mass is 16.2. The zero-order valence-corrected chi connectivity index (χ0v) is 17.3. The van der Waals surface area contributed by atoms with Crippen LogP contribution in [0.15, 0.2) is 36.5 Å². The highest BCUT2D eigenvalue weighted by molar-refractivity contribution is 5.81. The van der Waals surface area contributed by atoms with Crippen molar-refractivity contribution in [2.45, 2.75) is 12.8 Å². The lowest BCUT2D eigenvalue weighted by Gasteiger charge is -2.31. The average molecular weight is 427 g/mol. The Balaban J connectivity index is 0.00000153. The predicted octanol–water partition coefficient (Wildman–Crippen LogP) is 3.09. The Kier molecular flexibility index (Phi) is 5.25. The van der Waals surface area contributed by atoms with Gasteiger partial charge in [0.1, 0.15) is 5.69 Å². The number of rotatable bonds is 2. The van der Waals surface area contributed by atoms with Gasteiger partial charge in [-0.25, -0.2) is 19.7 Å². The summed E-state index contributed by atoms with van der Waals surface area (Å²) >= 11 is 0. The van der Waals surface area contributed by atoms with Crippen LogP contribution in [-0.2, 0) is 0 Å². The Labute approximate surface area is 186 Å². The molecule has 0 unspecified atom stereocenters. The number of hydrogen-bond donors (Lipinski definition) is 3. The van der Waals surface area contributed by atoms with Gasteiger partial charge in [-0.1, -0.05) is 18.2 Å². The number of nitrogens with zero attached hydrogens (tertiary/aromatic N) is 5. The van der Waals surface area contributed by atoms with Crippen LogP contribution in [0.2, 0.25) is 0 Å². The molecule has 0 spiro atoms. The van der Waals surface area contributed by atoms with Crippen LogP contribution in [0.1, 0.15) is 24.2 Å². The molecule has 2 amide bonds. The number of nitrogens with one attached hydrogen (secondary N) is 2. The normalized spacial score (nSPS) is 17.5. The first-order valence-electron chi connectivity index (χ1n) is 10.7. The summed E-state index contributed by atoms with van der Waals surface area (Å²) in [7, 11) is 0. The van der Waals surface area contributed by atoms with E-state index in [9.17, 15) is 4.79 Å². The van der Waals surface area contributed by atoms with E-state index in [2.05, 4.69) is 26.3 Å². The number of anilines is 1. The maximum absolute atomic E-state index is 12.9. The van der Waals surface area contributed by atoms with E-state index in [1.165, 1.54) is 0 Å². The number of imidazole rings is 1. The quantitative estimate of drug-likeness (QED) is 0.580. The van der Waals surface area contributed by atoms with Crippen LogP contribution >= 0.6 is 0 Å². The second kappa shape index (κ2) is 8.35. The molecular weight excluding hydrogens is 392 g/mol. The number of para-hydroxylation sites is 2. The van der Waals surface area contributed by atoms with E-state index in [1.807, 2.05) is 34.1 Å². The number of H-pyrrole nitrogens is 1. The van der Waals surface area contributed by atoms with E-state index >= 15 is 0 Å². The van der Waals surface area contributed by atoms with Gasteiger partial charge in [-0.15, -0.1) is 0 Å². The molecule has 2 aliphatic heterocycles. The largest absolute Gasteiger partial charge is 0.382 e. The van der Waals surface area contributed by atoms with Gasteiger partial charge >= 0.3 is 6.03 Å². The van der Waals surface area contributed by atoms with Crippen molar-refractivity contribution in [3.8, 4) is 11.5 Å². The maximum Gasteiger partial charge on any atom is 0.320 e. The van der Waals surface area contributed by atoms with Gasteiger partial charge in [0.25, 0.3) is 0 Å². The van der Waals surface area contributed by atoms with Crippen molar-refractivity contribution >= 4 is 28.5 Å². The molecule has 9 heteroatoms. The minimum absolute atomic E-state index is 0. The van der Waals surface area contributed by atoms with Gasteiger partial charge in [-0.3, -0.25) is 0 Å². The molecule has 3 aromatic rings. The molecule has 2 aromatic heterocycles. The van der Waals surface area contributed by atoms with E-state index < -0.39 is 0 Å². The summed E-state index contributed by atoms with van der Waals surface area (Å²) in [6, 6.07) is 7.93. The molecule has 0 atom stereocenters. The monoisotopic (exact) mass is 426 g/mol. The number of aromatic nitrogens is 4. The third-order valence-corrected chi connectivity index (χ3v) is 5.83. The van der Waals surface area contributed by atoms with Crippen molar-refractivity contribution < 1.29 is 10.5 Å². The van der Waals surface area contributed by atoms with E-state index in [4.69, 9.17) is 10.7 Å². The molecule has 2 aliphatic rings. The topological polar surface area (TPSA) is 116 Å². The summed E-state index contributed by atoms with van der Waals surface area (Å²) in [5.74, 6) is 0.946. The summed E-state index contributed by atoms with van der Waals surface area (Å²) in [4.78, 5) is 33.7. The number of hydrogen-bond acceptors (Lipinski definition) is 6. The summed E-state index contributed by atoms with van der Waals surface area (Å²) in [6.45, 7) is 4.63. The van der Waals surface area contributed by atoms with Crippen LogP contribution in [-0.4, -0.2) is 75.0 Å². The van der Waals surface area contributed by atoms with E-state index in [0.29, 0.717) is 30.4 Å². The Hall–Kier alpha value is -3.46. The molecule has 1 fully saturated rings. The zero-order chi connectivity index (χ0) is 21.2. The fourth-order valence-electron chi connectivity index (χ4n) is 4.10. The highest BCUT2D eigenvalue weighted by Crippen LogP contribution is 2.27. The molecule has 4 N–H and O–H groups in total. The smallest absolute Gasteiger partial charge is 0.320 e. The van der Waals surface area contributed by atoms with Crippen molar-refractivity contribution in [1.29, 1.82) is 0 Å². The van der Waals surface area contributed by atoms with Crippen LogP contribution in [0.4, 0.5) is 10.6 Å². The van der Waals surface area contributed by atoms with Crippen molar-refractivity contribution in [3.05, 3.63) is 42.2 Å². The molecule has 0 saturated carbocycles. The molecule has 0 aliphatic carbocycles. The molecule has 168 valence electrons. The molecule has 9 nitrogen and oxygen atoms in total. The molecule has 4 heterocycles. The van der Waals surface area contributed by atoms with Gasteiger partial charge < -0.3 is 25.8 Å². The predicted molar refractivity (Wildman–Crippen MR) is 129 cm³/mol. The number of nitrogen functional groups attached to an aromatic ring is 1. The van der Waals surface area contributed by atoms with E-state index in [1.54, 1.807) is 6.20 Å². The van der Waals surface area contributed by atoms with E-state index in [-0.39, 0.29) is 11.7 Å². The second-order valence-corrected chi connectivity index (χ2v) is 7.89. The van der Waals surface area contributed by atoms with Crippen molar-refractivity contribution in [1.82, 2.24) is 35.1 Å². The first-order chi connectivity index (χ1) is 15.2. The highest BCUT2D eigenvalue weighted by Gasteiger charge is 2.24. The molecule has 1 saturated heterocycles. The first kappa shape index (κ1) is 19.5. The zero-order valence-electron chi connectivity index (χ0n) is 17.3. The standard InChI is InChI=1S/C22H26N8O.4H2/c23-20-19(21-27-16-4-1-2-5-17(16)28-21)26-18(14-25-20)15-6-11-30(12-7-15)22(31)29-10-3-8-24-9-13-29;;;;/h1-2,4-6,14,24H,3,7-13H2,(H2,23,25)(H,27,28);4*1H. The minimum atomic E-state index is 0. The SMILES string of the molecule is Nc1ncc(C2=CCN(C(=O)N3CCCNCC3)CC2)nc1-c1nc2ccccc2[nH]1.[HH].[HH].[HH].[HH]. The maximum atomic E-state index is 12.9. The number of aromatic amines is 1. The lowest BCUT2D eigenvalue weighted by molar-refractivity contribution is 0.160. The Morgan fingerprint density at radius 3 is 2.84 bits per heavy atom. The minimum Gasteiger partial charge on any atom is -0.382 e. The van der Waals surface area contributed by atoms with Crippen LogP contribution in [0, 0.1) is 0 Å². The van der Waals surface area contributed by atoms with Crippen LogP contribution < -0.4 is 11.1 Å². The number of amides is 2. The second-order valence-electron chi connectivity index (χ2n) is 7.89. The lowest BCUT2D eigenvalue weighted by atomic mass is 10.1. The molecule has 31 heavy (non-hydrogen) atoms. The number of carbonyl (C=O) groups is 1. The molecule has 5 rings (SSSR count). The number of urea groups is 1. The van der Waals surface area contributed by atoms with Gasteiger partial charge in [-0.05, 0) is 37.1 Å². The summed E-state index contributed by atoms with van der Waals surface area (Å²) in [5.41, 5.74) is 10.3. The van der Waals surface area contributed by atoms with Crippen molar-refractivity contribution in [3.63, 3.8) is 0 Å². The first-order valence-corrected chi connectivity index (χ1v) is 10.7. The lowest BCUT2D eigenvalue weighted by Crippen LogP contribution is -2.46. The Morgan fingerprint density at radius 2 is 2.00 bits per heavy atom.